The Kier molecular flexibility index (Phi) is 3.80. The van der Waals surface area contributed by atoms with E-state index in [-0.39, 0.29) is 12.2 Å². The number of aliphatic carboxylic acids is 1. The molecule has 2 unspecified atom stereocenters. The Morgan fingerprint density at radius 2 is 2.25 bits per heavy atom. The van der Waals surface area contributed by atoms with Crippen molar-refractivity contribution in [2.75, 3.05) is 20.3 Å². The molecule has 0 saturated carbocycles. The summed E-state index contributed by atoms with van der Waals surface area (Å²) in [4.78, 5) is 28.3. The first kappa shape index (κ1) is 17.1. The SMILES string of the molecule is COc1cc2c(c3oc(=O)c4c(c13)CCC4=NOCC(=O)O)C1CCOC1O2. The molecule has 0 amide bonds. The van der Waals surface area contributed by atoms with Crippen LogP contribution in [0.4, 0.5) is 0 Å². The Morgan fingerprint density at radius 3 is 3.04 bits per heavy atom. The Balaban J connectivity index is 1.71. The van der Waals surface area contributed by atoms with E-state index in [0.29, 0.717) is 47.8 Å². The van der Waals surface area contributed by atoms with Crippen LogP contribution in [0.3, 0.4) is 0 Å². The predicted octanol–water partition coefficient (Wildman–Crippen LogP) is 1.78. The van der Waals surface area contributed by atoms with Crippen LogP contribution in [0.25, 0.3) is 11.0 Å². The van der Waals surface area contributed by atoms with Gasteiger partial charge in [0.2, 0.25) is 12.9 Å². The monoisotopic (exact) mass is 387 g/mol. The smallest absolute Gasteiger partial charge is 0.345 e. The summed E-state index contributed by atoms with van der Waals surface area (Å²) in [7, 11) is 1.55. The Morgan fingerprint density at radius 1 is 1.39 bits per heavy atom. The molecule has 2 aromatic rings. The highest BCUT2D eigenvalue weighted by Gasteiger charge is 2.43. The van der Waals surface area contributed by atoms with Crippen LogP contribution in [0.1, 0.15) is 35.4 Å². The van der Waals surface area contributed by atoms with E-state index in [4.69, 9.17) is 28.6 Å². The molecule has 1 aliphatic carbocycles. The quantitative estimate of drug-likeness (QED) is 0.623. The number of rotatable bonds is 4. The van der Waals surface area contributed by atoms with Crippen molar-refractivity contribution >= 4 is 22.7 Å². The van der Waals surface area contributed by atoms with Crippen LogP contribution in [0.15, 0.2) is 20.4 Å². The Bertz CT molecular complexity index is 1090. The highest BCUT2D eigenvalue weighted by Crippen LogP contribution is 2.51. The number of benzene rings is 1. The number of fused-ring (bicyclic) bond motifs is 7. The van der Waals surface area contributed by atoms with Crippen LogP contribution in [0.5, 0.6) is 11.5 Å². The number of aryl methyl sites for hydroxylation is 1. The van der Waals surface area contributed by atoms with Crippen molar-refractivity contribution in [3.05, 3.63) is 33.2 Å². The van der Waals surface area contributed by atoms with E-state index in [1.54, 1.807) is 13.2 Å². The molecule has 1 fully saturated rings. The van der Waals surface area contributed by atoms with Crippen molar-refractivity contribution in [1.29, 1.82) is 0 Å². The molecule has 5 rings (SSSR count). The number of carboxylic acid groups (broad SMARTS) is 1. The number of nitrogens with zero attached hydrogens (tertiary/aromatic N) is 1. The summed E-state index contributed by atoms with van der Waals surface area (Å²) >= 11 is 0. The third-order valence-corrected chi connectivity index (χ3v) is 5.38. The van der Waals surface area contributed by atoms with Gasteiger partial charge in [-0.3, -0.25) is 0 Å². The molecule has 1 N–H and O–H groups in total. The number of hydrogen-bond donors (Lipinski definition) is 1. The predicted molar refractivity (Wildman–Crippen MR) is 95.2 cm³/mol. The second kappa shape index (κ2) is 6.23. The number of hydrogen-bond acceptors (Lipinski definition) is 8. The summed E-state index contributed by atoms with van der Waals surface area (Å²) in [5.41, 5.74) is 2.23. The van der Waals surface area contributed by atoms with Gasteiger partial charge in [0, 0.05) is 11.6 Å². The van der Waals surface area contributed by atoms with Crippen LogP contribution < -0.4 is 15.1 Å². The molecule has 2 atom stereocenters. The van der Waals surface area contributed by atoms with Crippen LogP contribution in [-0.4, -0.2) is 43.4 Å². The van der Waals surface area contributed by atoms with Gasteiger partial charge in [0.15, 0.2) is 0 Å². The maximum absolute atomic E-state index is 12.8. The molecule has 9 heteroatoms. The van der Waals surface area contributed by atoms with E-state index >= 15 is 0 Å². The second-order valence-corrected chi connectivity index (χ2v) is 6.90. The van der Waals surface area contributed by atoms with E-state index < -0.39 is 18.2 Å². The largest absolute Gasteiger partial charge is 0.496 e. The van der Waals surface area contributed by atoms with Crippen molar-refractivity contribution in [3.8, 4) is 11.5 Å². The summed E-state index contributed by atoms with van der Waals surface area (Å²) in [6.45, 7) is 0.0180. The van der Waals surface area contributed by atoms with Crippen molar-refractivity contribution in [3.63, 3.8) is 0 Å². The number of carbonyl (C=O) groups is 1. The fourth-order valence-corrected chi connectivity index (χ4v) is 4.27. The van der Waals surface area contributed by atoms with Gasteiger partial charge in [0.1, 0.15) is 17.1 Å². The van der Waals surface area contributed by atoms with Gasteiger partial charge in [0.25, 0.3) is 0 Å². The molecule has 0 spiro atoms. The van der Waals surface area contributed by atoms with E-state index in [1.807, 2.05) is 0 Å². The van der Waals surface area contributed by atoms with Crippen LogP contribution in [0, 0.1) is 0 Å². The number of oxime groups is 1. The summed E-state index contributed by atoms with van der Waals surface area (Å²) in [5, 5.41) is 13.3. The lowest BCUT2D eigenvalue weighted by Crippen LogP contribution is -2.15. The standard InChI is InChI=1S/C19H17NO8/c1-24-11-6-12-16(9-4-5-25-19(9)27-12)17-15(11)8-2-3-10(14(8)18(23)28-17)20-26-7-13(21)22/h6,9,19H,2-5,7H2,1H3,(H,21,22). The van der Waals surface area contributed by atoms with Crippen molar-refractivity contribution < 1.29 is 33.4 Å². The minimum Gasteiger partial charge on any atom is -0.496 e. The maximum Gasteiger partial charge on any atom is 0.345 e. The van der Waals surface area contributed by atoms with E-state index in [2.05, 4.69) is 5.16 Å². The van der Waals surface area contributed by atoms with Gasteiger partial charge >= 0.3 is 11.6 Å². The van der Waals surface area contributed by atoms with Gasteiger partial charge < -0.3 is 28.6 Å². The molecular formula is C19H17NO8. The molecule has 1 aromatic heterocycles. The fourth-order valence-electron chi connectivity index (χ4n) is 4.27. The zero-order valence-corrected chi connectivity index (χ0v) is 15.0. The van der Waals surface area contributed by atoms with Crippen molar-refractivity contribution in [2.24, 2.45) is 5.16 Å². The molecule has 9 nitrogen and oxygen atoms in total. The first-order valence-electron chi connectivity index (χ1n) is 8.98. The van der Waals surface area contributed by atoms with Gasteiger partial charge in [-0.05, 0) is 24.8 Å². The van der Waals surface area contributed by atoms with Crippen molar-refractivity contribution in [2.45, 2.75) is 31.5 Å². The summed E-state index contributed by atoms with van der Waals surface area (Å²) < 4.78 is 22.8. The fraction of sp³-hybridized carbons (Fsp3) is 0.421. The lowest BCUT2D eigenvalue weighted by Gasteiger charge is -2.13. The molecular weight excluding hydrogens is 370 g/mol. The number of methoxy groups -OCH3 is 1. The topological polar surface area (TPSA) is 117 Å². The summed E-state index contributed by atoms with van der Waals surface area (Å²) in [6.07, 6.45) is 1.42. The molecule has 3 heterocycles. The first-order valence-corrected chi connectivity index (χ1v) is 8.98. The summed E-state index contributed by atoms with van der Waals surface area (Å²) in [5.74, 6) is 0.0250. The highest BCUT2D eigenvalue weighted by atomic mass is 16.7. The molecule has 0 radical (unpaired) electrons. The minimum atomic E-state index is -1.14. The van der Waals surface area contributed by atoms with Crippen LogP contribution in [-0.2, 0) is 20.8 Å². The second-order valence-electron chi connectivity index (χ2n) is 6.90. The van der Waals surface area contributed by atoms with Gasteiger partial charge in [-0.1, -0.05) is 5.16 Å². The number of ether oxygens (including phenoxy) is 3. The zero-order valence-electron chi connectivity index (χ0n) is 15.0. The van der Waals surface area contributed by atoms with E-state index in [1.165, 1.54) is 0 Å². The number of carboxylic acids is 1. The third-order valence-electron chi connectivity index (χ3n) is 5.38. The maximum atomic E-state index is 12.8. The molecule has 3 aliphatic rings. The Labute approximate surface area is 158 Å². The molecule has 146 valence electrons. The van der Waals surface area contributed by atoms with Crippen LogP contribution >= 0.6 is 0 Å². The summed E-state index contributed by atoms with van der Waals surface area (Å²) in [6, 6.07) is 1.80. The minimum absolute atomic E-state index is 0.0121. The average Bonchev–Trinajstić information content (AvgIpc) is 3.34. The average molecular weight is 387 g/mol. The molecule has 2 aliphatic heterocycles. The molecule has 1 aromatic carbocycles. The van der Waals surface area contributed by atoms with E-state index in [0.717, 1.165) is 22.9 Å². The molecule has 1 saturated heterocycles. The third kappa shape index (κ3) is 2.39. The first-order chi connectivity index (χ1) is 13.6. The molecule has 0 bridgehead atoms. The molecule has 28 heavy (non-hydrogen) atoms. The Hall–Kier alpha value is -3.07. The van der Waals surface area contributed by atoms with Crippen LogP contribution in [0.2, 0.25) is 0 Å². The lowest BCUT2D eigenvalue weighted by molar-refractivity contribution is -0.142. The lowest BCUT2D eigenvalue weighted by atomic mass is 9.94. The van der Waals surface area contributed by atoms with Gasteiger partial charge in [-0.15, -0.1) is 0 Å². The van der Waals surface area contributed by atoms with Gasteiger partial charge in [-0.2, -0.15) is 0 Å². The van der Waals surface area contributed by atoms with E-state index in [9.17, 15) is 9.59 Å². The van der Waals surface area contributed by atoms with Gasteiger partial charge in [0.05, 0.1) is 36.3 Å². The zero-order chi connectivity index (χ0) is 19.4. The van der Waals surface area contributed by atoms with Gasteiger partial charge in [-0.25, -0.2) is 9.59 Å². The highest BCUT2D eigenvalue weighted by molar-refractivity contribution is 6.08. The van der Waals surface area contributed by atoms with Crippen molar-refractivity contribution in [1.82, 2.24) is 0 Å². The normalized spacial score (nSPS) is 23.4.